The van der Waals surface area contributed by atoms with Crippen LogP contribution in [0.4, 0.5) is 5.69 Å². The van der Waals surface area contributed by atoms with E-state index in [1.165, 1.54) is 36.2 Å². The second kappa shape index (κ2) is 8.13. The molecule has 110 valence electrons. The number of benzene rings is 1. The van der Waals surface area contributed by atoms with E-state index < -0.39 is 11.8 Å². The van der Waals surface area contributed by atoms with Crippen molar-refractivity contribution in [1.82, 2.24) is 5.32 Å². The van der Waals surface area contributed by atoms with Gasteiger partial charge in [0.25, 0.3) is 0 Å². The van der Waals surface area contributed by atoms with E-state index in [0.717, 1.165) is 0 Å². The van der Waals surface area contributed by atoms with E-state index in [0.29, 0.717) is 5.69 Å². The molecular formula is C13H18N2O5. The summed E-state index contributed by atoms with van der Waals surface area (Å²) >= 11 is 0. The lowest BCUT2D eigenvalue weighted by molar-refractivity contribution is -0.137. The normalized spacial score (nSPS) is 10.1. The van der Waals surface area contributed by atoms with Gasteiger partial charge < -0.3 is 25.2 Å². The van der Waals surface area contributed by atoms with Crippen LogP contribution in [0.25, 0.3) is 0 Å². The third-order valence-corrected chi connectivity index (χ3v) is 2.50. The molecule has 20 heavy (non-hydrogen) atoms. The molecule has 1 aromatic carbocycles. The van der Waals surface area contributed by atoms with Crippen molar-refractivity contribution in [3.63, 3.8) is 0 Å². The summed E-state index contributed by atoms with van der Waals surface area (Å²) in [5.41, 5.74) is 0.500. The van der Waals surface area contributed by atoms with E-state index in [9.17, 15) is 9.59 Å². The lowest BCUT2D eigenvalue weighted by Gasteiger charge is -2.16. The smallest absolute Gasteiger partial charge is 0.316 e. The minimum atomic E-state index is -0.742. The van der Waals surface area contributed by atoms with E-state index in [-0.39, 0.29) is 32.1 Å². The van der Waals surface area contributed by atoms with Crippen molar-refractivity contribution in [2.75, 3.05) is 38.3 Å². The average molecular weight is 282 g/mol. The number of ether oxygens (including phenoxy) is 1. The molecule has 0 fully saturated rings. The number of aromatic hydroxyl groups is 1. The zero-order valence-electron chi connectivity index (χ0n) is 11.2. The van der Waals surface area contributed by atoms with Gasteiger partial charge in [0.15, 0.2) is 0 Å². The maximum absolute atomic E-state index is 11.8. The van der Waals surface area contributed by atoms with E-state index in [1.807, 2.05) is 0 Å². The van der Waals surface area contributed by atoms with Crippen molar-refractivity contribution < 1.29 is 24.5 Å². The lowest BCUT2D eigenvalue weighted by atomic mass is 10.3. The summed E-state index contributed by atoms with van der Waals surface area (Å²) in [6.07, 6.45) is 0. The largest absolute Gasteiger partial charge is 0.508 e. The van der Waals surface area contributed by atoms with Crippen molar-refractivity contribution in [1.29, 1.82) is 0 Å². The zero-order chi connectivity index (χ0) is 15.0. The molecular weight excluding hydrogens is 264 g/mol. The van der Waals surface area contributed by atoms with Crippen molar-refractivity contribution in [3.8, 4) is 5.75 Å². The zero-order valence-corrected chi connectivity index (χ0v) is 11.2. The maximum atomic E-state index is 11.8. The first-order valence-electron chi connectivity index (χ1n) is 6.09. The number of carbonyl (C=O) groups excluding carboxylic acids is 2. The molecule has 0 saturated heterocycles. The molecule has 0 heterocycles. The van der Waals surface area contributed by atoms with Gasteiger partial charge >= 0.3 is 11.8 Å². The number of aliphatic hydroxyl groups is 1. The summed E-state index contributed by atoms with van der Waals surface area (Å²) in [6.45, 7) is 0.518. The Labute approximate surface area is 116 Å². The Morgan fingerprint density at radius 3 is 2.50 bits per heavy atom. The van der Waals surface area contributed by atoms with Gasteiger partial charge in [0.05, 0.1) is 19.8 Å². The van der Waals surface area contributed by atoms with Crippen LogP contribution < -0.4 is 10.2 Å². The van der Waals surface area contributed by atoms with Gasteiger partial charge in [-0.2, -0.15) is 0 Å². The number of phenols is 1. The van der Waals surface area contributed by atoms with Crippen molar-refractivity contribution in [2.45, 2.75) is 0 Å². The Hall–Kier alpha value is -2.12. The number of carbonyl (C=O) groups is 2. The van der Waals surface area contributed by atoms with Gasteiger partial charge in [0.1, 0.15) is 5.75 Å². The van der Waals surface area contributed by atoms with Crippen molar-refractivity contribution >= 4 is 17.5 Å². The summed E-state index contributed by atoms with van der Waals surface area (Å²) in [4.78, 5) is 24.6. The Morgan fingerprint density at radius 2 is 1.90 bits per heavy atom. The van der Waals surface area contributed by atoms with Crippen LogP contribution in [-0.2, 0) is 14.3 Å². The van der Waals surface area contributed by atoms with Gasteiger partial charge in [-0.05, 0) is 24.3 Å². The van der Waals surface area contributed by atoms with E-state index in [4.69, 9.17) is 14.9 Å². The van der Waals surface area contributed by atoms with Gasteiger partial charge in [-0.3, -0.25) is 9.59 Å². The molecule has 0 unspecified atom stereocenters. The number of anilines is 1. The fourth-order valence-corrected chi connectivity index (χ4v) is 1.42. The molecule has 0 atom stereocenters. The van der Waals surface area contributed by atoms with E-state index in [1.54, 1.807) is 0 Å². The quantitative estimate of drug-likeness (QED) is 0.481. The third-order valence-electron chi connectivity index (χ3n) is 2.50. The molecule has 0 aliphatic rings. The van der Waals surface area contributed by atoms with Crippen LogP contribution in [0.3, 0.4) is 0 Å². The Morgan fingerprint density at radius 1 is 1.25 bits per heavy atom. The van der Waals surface area contributed by atoms with Gasteiger partial charge in [-0.25, -0.2) is 0 Å². The lowest BCUT2D eigenvalue weighted by Crippen LogP contribution is -2.42. The molecule has 0 aliphatic carbocycles. The highest BCUT2D eigenvalue weighted by Crippen LogP contribution is 2.17. The van der Waals surface area contributed by atoms with Crippen LogP contribution >= 0.6 is 0 Å². The van der Waals surface area contributed by atoms with Gasteiger partial charge in [0, 0.05) is 19.3 Å². The molecule has 0 aliphatic heterocycles. The summed E-state index contributed by atoms with van der Waals surface area (Å²) in [7, 11) is 1.47. The number of nitrogens with one attached hydrogen (secondary N) is 1. The highest BCUT2D eigenvalue weighted by Gasteiger charge is 2.19. The molecule has 3 N–H and O–H groups in total. The number of aliphatic hydroxyl groups excluding tert-OH is 1. The molecule has 2 amide bonds. The van der Waals surface area contributed by atoms with E-state index in [2.05, 4.69) is 5.32 Å². The van der Waals surface area contributed by atoms with Crippen molar-refractivity contribution in [3.05, 3.63) is 24.3 Å². The Kier molecular flexibility index (Phi) is 6.48. The predicted octanol–water partition coefficient (Wildman–Crippen LogP) is -0.520. The number of phenolic OH excluding ortho intramolecular Hbond substituents is 1. The van der Waals surface area contributed by atoms with Crippen LogP contribution in [0, 0.1) is 0 Å². The van der Waals surface area contributed by atoms with Crippen LogP contribution in [0.2, 0.25) is 0 Å². The van der Waals surface area contributed by atoms with Crippen LogP contribution in [0.1, 0.15) is 0 Å². The summed E-state index contributed by atoms with van der Waals surface area (Å²) in [5, 5.41) is 20.1. The topological polar surface area (TPSA) is 99.1 Å². The maximum Gasteiger partial charge on any atom is 0.316 e. The fourth-order valence-electron chi connectivity index (χ4n) is 1.42. The monoisotopic (exact) mass is 282 g/mol. The molecule has 0 saturated carbocycles. The Balaban J connectivity index is 2.43. The summed E-state index contributed by atoms with van der Waals surface area (Å²) in [5.74, 6) is -1.37. The molecule has 0 spiro atoms. The van der Waals surface area contributed by atoms with Gasteiger partial charge in [-0.15, -0.1) is 0 Å². The Bertz CT molecular complexity index is 447. The molecule has 0 aromatic heterocycles. The molecule has 1 rings (SSSR count). The molecule has 7 nitrogen and oxygen atoms in total. The first-order chi connectivity index (χ1) is 9.56. The van der Waals surface area contributed by atoms with Crippen molar-refractivity contribution in [2.24, 2.45) is 0 Å². The number of nitrogens with zero attached hydrogens (tertiary/aromatic N) is 1. The third kappa shape index (κ3) is 4.87. The summed E-state index contributed by atoms with van der Waals surface area (Å²) in [6, 6.07) is 5.93. The van der Waals surface area contributed by atoms with Gasteiger partial charge in [0.2, 0.25) is 0 Å². The minimum Gasteiger partial charge on any atom is -0.508 e. The number of likely N-dealkylation sites (N-methyl/N-ethyl adjacent to an activating group) is 1. The molecule has 1 aromatic rings. The average Bonchev–Trinajstić information content (AvgIpc) is 2.46. The predicted molar refractivity (Wildman–Crippen MR) is 72.4 cm³/mol. The van der Waals surface area contributed by atoms with E-state index >= 15 is 0 Å². The molecule has 7 heteroatoms. The second-order valence-corrected chi connectivity index (χ2v) is 3.97. The first kappa shape index (κ1) is 15.9. The number of hydrogen-bond acceptors (Lipinski definition) is 5. The van der Waals surface area contributed by atoms with Crippen LogP contribution in [0.5, 0.6) is 5.75 Å². The van der Waals surface area contributed by atoms with Crippen LogP contribution in [0.15, 0.2) is 24.3 Å². The first-order valence-corrected chi connectivity index (χ1v) is 6.09. The number of rotatable bonds is 6. The molecule has 0 bridgehead atoms. The highest BCUT2D eigenvalue weighted by atomic mass is 16.5. The van der Waals surface area contributed by atoms with Crippen LogP contribution in [-0.4, -0.2) is 55.4 Å². The molecule has 0 radical (unpaired) electrons. The summed E-state index contributed by atoms with van der Waals surface area (Å²) < 4.78 is 4.95. The number of amides is 2. The highest BCUT2D eigenvalue weighted by molar-refractivity contribution is 6.40. The second-order valence-electron chi connectivity index (χ2n) is 3.97. The standard InChI is InChI=1S/C13H18N2O5/c1-15(10-2-4-11(17)5-3-10)13(19)12(18)14-6-8-20-9-7-16/h2-5,16-17H,6-9H2,1H3,(H,14,18). The number of hydrogen-bond donors (Lipinski definition) is 3. The minimum absolute atomic E-state index is 0.0834. The SMILES string of the molecule is CN(C(=O)C(=O)NCCOCCO)c1ccc(O)cc1. The fraction of sp³-hybridized carbons (Fsp3) is 0.385. The van der Waals surface area contributed by atoms with Gasteiger partial charge in [-0.1, -0.05) is 0 Å².